The molecule has 1 aromatic heterocycles. The van der Waals surface area contributed by atoms with Gasteiger partial charge in [-0.3, -0.25) is 10.1 Å². The zero-order valence-corrected chi connectivity index (χ0v) is 14.5. The summed E-state index contributed by atoms with van der Waals surface area (Å²) in [6, 6.07) is 11.2. The summed E-state index contributed by atoms with van der Waals surface area (Å²) in [5, 5.41) is 11.3. The van der Waals surface area contributed by atoms with E-state index in [0.29, 0.717) is 16.5 Å². The molecule has 0 spiro atoms. The summed E-state index contributed by atoms with van der Waals surface area (Å²) < 4.78 is 26.8. The third kappa shape index (κ3) is 3.57. The van der Waals surface area contributed by atoms with Gasteiger partial charge in [-0.2, -0.15) is 5.90 Å². The minimum absolute atomic E-state index is 0.0692. The highest BCUT2D eigenvalue weighted by Crippen LogP contribution is 2.25. The molecular weight excluding hydrogens is 374 g/mol. The first-order chi connectivity index (χ1) is 12.8. The Balaban J connectivity index is 2.00. The molecule has 10 heteroatoms. The van der Waals surface area contributed by atoms with Crippen molar-refractivity contribution in [3.05, 3.63) is 76.5 Å². The number of carbonyl (C=O) groups is 1. The molecule has 0 aliphatic rings. The summed E-state index contributed by atoms with van der Waals surface area (Å²) in [6.45, 7) is 0. The fourth-order valence-corrected chi connectivity index (χ4v) is 3.86. The number of nitrogens with two attached hydrogens (primary N) is 1. The molecule has 0 fully saturated rings. The second-order valence-electron chi connectivity index (χ2n) is 5.46. The SMILES string of the molecule is NOC(=O)/C=C/c1ccc2c(ccn2S(=O)(=O)c2ccc([N+](=O)[O-])cc2)c1. The van der Waals surface area contributed by atoms with Gasteiger partial charge in [0.15, 0.2) is 0 Å². The predicted molar refractivity (Wildman–Crippen MR) is 96.9 cm³/mol. The number of fused-ring (bicyclic) bond motifs is 1. The minimum atomic E-state index is -3.92. The van der Waals surface area contributed by atoms with Gasteiger partial charge in [-0.25, -0.2) is 17.2 Å². The number of nitro benzene ring substituents is 1. The first-order valence-corrected chi connectivity index (χ1v) is 8.97. The van der Waals surface area contributed by atoms with Crippen LogP contribution in [0.5, 0.6) is 0 Å². The number of non-ortho nitro benzene ring substituents is 1. The number of hydrogen-bond acceptors (Lipinski definition) is 7. The summed E-state index contributed by atoms with van der Waals surface area (Å²) in [6.07, 6.45) is 4.02. The number of hydrogen-bond donors (Lipinski definition) is 1. The molecule has 0 saturated carbocycles. The van der Waals surface area contributed by atoms with Gasteiger partial charge in [-0.1, -0.05) is 6.07 Å². The maximum atomic E-state index is 12.8. The zero-order valence-electron chi connectivity index (χ0n) is 13.7. The number of carbonyl (C=O) groups excluding carboxylic acids is 1. The summed E-state index contributed by atoms with van der Waals surface area (Å²) in [5.74, 6) is 4.04. The Morgan fingerprint density at radius 2 is 1.85 bits per heavy atom. The quantitative estimate of drug-likeness (QED) is 0.403. The maximum absolute atomic E-state index is 12.8. The van der Waals surface area contributed by atoms with E-state index >= 15 is 0 Å². The highest BCUT2D eigenvalue weighted by Gasteiger charge is 2.20. The molecular formula is C17H13N3O6S. The molecule has 0 aliphatic heterocycles. The molecule has 0 amide bonds. The molecule has 2 N–H and O–H groups in total. The lowest BCUT2D eigenvalue weighted by molar-refractivity contribution is -0.384. The molecule has 138 valence electrons. The van der Waals surface area contributed by atoms with Gasteiger partial charge in [0.2, 0.25) is 0 Å². The average molecular weight is 387 g/mol. The number of benzene rings is 2. The van der Waals surface area contributed by atoms with Crippen LogP contribution in [0.15, 0.2) is 65.7 Å². The Labute approximate surface area is 153 Å². The van der Waals surface area contributed by atoms with Gasteiger partial charge in [-0.15, -0.1) is 0 Å². The summed E-state index contributed by atoms with van der Waals surface area (Å²) in [5.41, 5.74) is 0.879. The lowest BCUT2D eigenvalue weighted by Gasteiger charge is -2.07. The van der Waals surface area contributed by atoms with Crippen LogP contribution >= 0.6 is 0 Å². The third-order valence-electron chi connectivity index (χ3n) is 3.81. The Bertz CT molecular complexity index is 1160. The van der Waals surface area contributed by atoms with Crippen LogP contribution in [0.2, 0.25) is 0 Å². The van der Waals surface area contributed by atoms with Crippen LogP contribution < -0.4 is 5.90 Å². The molecule has 0 atom stereocenters. The Morgan fingerprint density at radius 1 is 1.15 bits per heavy atom. The van der Waals surface area contributed by atoms with E-state index in [1.54, 1.807) is 24.3 Å². The van der Waals surface area contributed by atoms with Crippen molar-refractivity contribution in [2.24, 2.45) is 5.90 Å². The molecule has 3 rings (SSSR count). The van der Waals surface area contributed by atoms with Gasteiger partial charge in [0.05, 0.1) is 15.3 Å². The van der Waals surface area contributed by atoms with Crippen LogP contribution in [0, 0.1) is 10.1 Å². The molecule has 1 heterocycles. The van der Waals surface area contributed by atoms with Crippen molar-refractivity contribution in [2.75, 3.05) is 0 Å². The van der Waals surface area contributed by atoms with Crippen molar-refractivity contribution >= 4 is 38.7 Å². The van der Waals surface area contributed by atoms with Crippen LogP contribution in [0.25, 0.3) is 17.0 Å². The van der Waals surface area contributed by atoms with Crippen LogP contribution in [0.3, 0.4) is 0 Å². The Kier molecular flexibility index (Phi) is 4.75. The lowest BCUT2D eigenvalue weighted by Crippen LogP contribution is -2.11. The van der Waals surface area contributed by atoms with Crippen LogP contribution in [0.1, 0.15) is 5.56 Å². The first-order valence-electron chi connectivity index (χ1n) is 7.53. The molecule has 27 heavy (non-hydrogen) atoms. The third-order valence-corrected chi connectivity index (χ3v) is 5.52. The summed E-state index contributed by atoms with van der Waals surface area (Å²) in [4.78, 5) is 25.1. The average Bonchev–Trinajstić information content (AvgIpc) is 3.10. The van der Waals surface area contributed by atoms with Crippen LogP contribution in [0.4, 0.5) is 5.69 Å². The number of nitrogens with zero attached hydrogens (tertiary/aromatic N) is 2. The van der Waals surface area contributed by atoms with Crippen molar-refractivity contribution in [1.82, 2.24) is 3.97 Å². The van der Waals surface area contributed by atoms with Gasteiger partial charge >= 0.3 is 5.97 Å². The molecule has 0 unspecified atom stereocenters. The van der Waals surface area contributed by atoms with E-state index < -0.39 is 20.9 Å². The fourth-order valence-electron chi connectivity index (χ4n) is 2.51. The normalized spacial score (nSPS) is 11.7. The second-order valence-corrected chi connectivity index (χ2v) is 7.27. The zero-order chi connectivity index (χ0) is 19.6. The van der Waals surface area contributed by atoms with E-state index in [-0.39, 0.29) is 10.6 Å². The Hall–Kier alpha value is -3.50. The molecule has 0 bridgehead atoms. The van der Waals surface area contributed by atoms with Crippen molar-refractivity contribution in [1.29, 1.82) is 0 Å². The van der Waals surface area contributed by atoms with E-state index in [1.165, 1.54) is 24.4 Å². The Morgan fingerprint density at radius 3 is 2.48 bits per heavy atom. The summed E-state index contributed by atoms with van der Waals surface area (Å²) >= 11 is 0. The minimum Gasteiger partial charge on any atom is -0.370 e. The van der Waals surface area contributed by atoms with Gasteiger partial charge in [0.1, 0.15) is 0 Å². The molecule has 0 saturated heterocycles. The van der Waals surface area contributed by atoms with E-state index in [0.717, 1.165) is 22.2 Å². The van der Waals surface area contributed by atoms with E-state index in [2.05, 4.69) is 4.84 Å². The second kappa shape index (κ2) is 7.02. The predicted octanol–water partition coefficient (Wildman–Crippen LogP) is 2.22. The van der Waals surface area contributed by atoms with E-state index in [1.807, 2.05) is 0 Å². The number of rotatable bonds is 5. The monoisotopic (exact) mass is 387 g/mol. The highest BCUT2D eigenvalue weighted by molar-refractivity contribution is 7.90. The van der Waals surface area contributed by atoms with Crippen molar-refractivity contribution in [2.45, 2.75) is 4.90 Å². The standard InChI is InChI=1S/C17H13N3O6S/c18-26-17(21)8-2-12-1-7-16-13(11-12)9-10-19(16)27(24,25)15-5-3-14(4-6-15)20(22)23/h1-11H,18H2/b8-2+. The molecule has 9 nitrogen and oxygen atoms in total. The van der Waals surface area contributed by atoms with Crippen molar-refractivity contribution < 1.29 is 23.0 Å². The first kappa shape index (κ1) is 18.3. The fraction of sp³-hybridized carbons (Fsp3) is 0. The number of nitro groups is 1. The molecule has 3 aromatic rings. The van der Waals surface area contributed by atoms with Crippen LogP contribution in [-0.4, -0.2) is 23.3 Å². The van der Waals surface area contributed by atoms with Crippen molar-refractivity contribution in [3.8, 4) is 0 Å². The largest absolute Gasteiger partial charge is 0.370 e. The van der Waals surface area contributed by atoms with Crippen LogP contribution in [-0.2, 0) is 19.7 Å². The van der Waals surface area contributed by atoms with Gasteiger partial charge in [0, 0.05) is 29.8 Å². The summed E-state index contributed by atoms with van der Waals surface area (Å²) in [7, 11) is -3.92. The highest BCUT2D eigenvalue weighted by atomic mass is 32.2. The number of aromatic nitrogens is 1. The van der Waals surface area contributed by atoms with Gasteiger partial charge in [0.25, 0.3) is 15.7 Å². The maximum Gasteiger partial charge on any atom is 0.349 e. The van der Waals surface area contributed by atoms with Gasteiger partial charge in [-0.05, 0) is 42.0 Å². The smallest absolute Gasteiger partial charge is 0.349 e. The topological polar surface area (TPSA) is 135 Å². The molecule has 2 aromatic carbocycles. The van der Waals surface area contributed by atoms with Gasteiger partial charge < -0.3 is 4.84 Å². The molecule has 0 aliphatic carbocycles. The van der Waals surface area contributed by atoms with Crippen molar-refractivity contribution in [3.63, 3.8) is 0 Å². The molecule has 0 radical (unpaired) electrons. The van der Waals surface area contributed by atoms with E-state index in [4.69, 9.17) is 5.90 Å². The lowest BCUT2D eigenvalue weighted by atomic mass is 10.1. The van der Waals surface area contributed by atoms with E-state index in [9.17, 15) is 23.3 Å².